The van der Waals surface area contributed by atoms with Gasteiger partial charge in [-0.15, -0.1) is 0 Å². The number of benzene rings is 1. The molecule has 3 atom stereocenters. The SMILES string of the molecule is O=C(Nc1ccn(C2OC(CO)C(O)C2(F)F)c(=O)n1)OCc1ccccc1. The van der Waals surface area contributed by atoms with E-state index in [2.05, 4.69) is 10.3 Å². The third-order valence-corrected chi connectivity index (χ3v) is 4.08. The number of hydrogen-bond acceptors (Lipinski definition) is 7. The van der Waals surface area contributed by atoms with Crippen molar-refractivity contribution in [3.63, 3.8) is 0 Å². The van der Waals surface area contributed by atoms with Gasteiger partial charge in [0, 0.05) is 6.20 Å². The Morgan fingerprint density at radius 3 is 2.64 bits per heavy atom. The molecule has 1 saturated heterocycles. The summed E-state index contributed by atoms with van der Waals surface area (Å²) in [5.74, 6) is -4.03. The van der Waals surface area contributed by atoms with E-state index in [0.717, 1.165) is 17.8 Å². The first-order chi connectivity index (χ1) is 13.3. The first-order valence-corrected chi connectivity index (χ1v) is 8.22. The number of carbonyl (C=O) groups excluding carboxylic acids is 1. The molecule has 3 N–H and O–H groups in total. The molecule has 2 aromatic rings. The fourth-order valence-corrected chi connectivity index (χ4v) is 2.64. The average molecular weight is 397 g/mol. The molecule has 1 aliphatic rings. The van der Waals surface area contributed by atoms with E-state index in [1.165, 1.54) is 0 Å². The van der Waals surface area contributed by atoms with Gasteiger partial charge in [-0.3, -0.25) is 9.88 Å². The number of nitrogens with zero attached hydrogens (tertiary/aromatic N) is 2. The number of aliphatic hydroxyl groups is 2. The monoisotopic (exact) mass is 397 g/mol. The van der Waals surface area contributed by atoms with Crippen LogP contribution in [-0.4, -0.2) is 50.6 Å². The standard InChI is InChI=1S/C17H17F2N3O6/c18-17(19)13(24)11(8-23)28-14(17)22-7-6-12(20-15(22)25)21-16(26)27-9-10-4-2-1-3-5-10/h1-7,11,13-14,23-24H,8-9H2,(H,20,21,25,26). The highest BCUT2D eigenvalue weighted by molar-refractivity contribution is 5.83. The molecule has 1 aliphatic heterocycles. The van der Waals surface area contributed by atoms with Crippen LogP contribution in [0.3, 0.4) is 0 Å². The molecule has 1 aromatic carbocycles. The highest BCUT2D eigenvalue weighted by Crippen LogP contribution is 2.41. The summed E-state index contributed by atoms with van der Waals surface area (Å²) in [4.78, 5) is 27.4. The third kappa shape index (κ3) is 4.01. The van der Waals surface area contributed by atoms with Crippen LogP contribution in [-0.2, 0) is 16.1 Å². The van der Waals surface area contributed by atoms with Crippen molar-refractivity contribution in [2.45, 2.75) is 31.0 Å². The van der Waals surface area contributed by atoms with Crippen molar-refractivity contribution in [2.75, 3.05) is 11.9 Å². The van der Waals surface area contributed by atoms with Crippen LogP contribution in [0.15, 0.2) is 47.4 Å². The van der Waals surface area contributed by atoms with E-state index in [0.29, 0.717) is 4.57 Å². The summed E-state index contributed by atoms with van der Waals surface area (Å²) >= 11 is 0. The van der Waals surface area contributed by atoms with E-state index >= 15 is 0 Å². The van der Waals surface area contributed by atoms with E-state index in [9.17, 15) is 23.5 Å². The predicted octanol–water partition coefficient (Wildman–Crippen LogP) is 0.878. The Balaban J connectivity index is 1.67. The number of rotatable bonds is 5. The van der Waals surface area contributed by atoms with Gasteiger partial charge in [0.25, 0.3) is 0 Å². The second-order valence-electron chi connectivity index (χ2n) is 6.02. The van der Waals surface area contributed by atoms with Gasteiger partial charge in [-0.05, 0) is 11.6 Å². The molecule has 9 nitrogen and oxygen atoms in total. The Morgan fingerprint density at radius 1 is 1.32 bits per heavy atom. The summed E-state index contributed by atoms with van der Waals surface area (Å²) in [5, 5.41) is 20.7. The summed E-state index contributed by atoms with van der Waals surface area (Å²) in [6.45, 7) is -0.853. The summed E-state index contributed by atoms with van der Waals surface area (Å²) in [6.07, 6.45) is -5.91. The average Bonchev–Trinajstić information content (AvgIpc) is 2.90. The molecule has 1 fully saturated rings. The van der Waals surface area contributed by atoms with Crippen molar-refractivity contribution in [1.82, 2.24) is 9.55 Å². The molecule has 0 spiro atoms. The van der Waals surface area contributed by atoms with Crippen LogP contribution >= 0.6 is 0 Å². The number of halogens is 2. The number of hydrogen-bond donors (Lipinski definition) is 3. The van der Waals surface area contributed by atoms with Crippen molar-refractivity contribution in [1.29, 1.82) is 0 Å². The lowest BCUT2D eigenvalue weighted by molar-refractivity contribution is -0.140. The van der Waals surface area contributed by atoms with Gasteiger partial charge in [-0.2, -0.15) is 13.8 Å². The Bertz CT molecular complexity index is 892. The Morgan fingerprint density at radius 2 is 2.04 bits per heavy atom. The molecule has 1 amide bonds. The van der Waals surface area contributed by atoms with Crippen LogP contribution in [0, 0.1) is 0 Å². The molecule has 11 heteroatoms. The lowest BCUT2D eigenvalue weighted by Crippen LogP contribution is -2.41. The molecule has 3 unspecified atom stereocenters. The second kappa shape index (κ2) is 8.00. The number of carbonyl (C=O) groups is 1. The number of aromatic nitrogens is 2. The molecule has 0 aliphatic carbocycles. The Labute approximate surface area is 157 Å². The molecular weight excluding hydrogens is 380 g/mol. The van der Waals surface area contributed by atoms with Crippen molar-refractivity contribution in [3.8, 4) is 0 Å². The maximum atomic E-state index is 14.1. The number of amides is 1. The summed E-state index contributed by atoms with van der Waals surface area (Å²) in [6, 6.07) is 9.96. The van der Waals surface area contributed by atoms with Crippen LogP contribution in [0.2, 0.25) is 0 Å². The lowest BCUT2D eigenvalue weighted by atomic mass is 10.1. The van der Waals surface area contributed by atoms with Crippen molar-refractivity contribution in [3.05, 3.63) is 58.6 Å². The first-order valence-electron chi connectivity index (χ1n) is 8.22. The van der Waals surface area contributed by atoms with E-state index in [4.69, 9.17) is 14.6 Å². The van der Waals surface area contributed by atoms with Gasteiger partial charge >= 0.3 is 17.7 Å². The zero-order valence-corrected chi connectivity index (χ0v) is 14.4. The number of anilines is 1. The third-order valence-electron chi connectivity index (χ3n) is 4.08. The lowest BCUT2D eigenvalue weighted by Gasteiger charge is -2.21. The largest absolute Gasteiger partial charge is 0.444 e. The number of aliphatic hydroxyl groups excluding tert-OH is 2. The molecular formula is C17H17F2N3O6. The Hall–Kier alpha value is -2.89. The van der Waals surface area contributed by atoms with Crippen LogP contribution in [0.25, 0.3) is 0 Å². The molecule has 28 heavy (non-hydrogen) atoms. The second-order valence-corrected chi connectivity index (χ2v) is 6.02. The maximum Gasteiger partial charge on any atom is 0.413 e. The van der Waals surface area contributed by atoms with Gasteiger partial charge in [0.1, 0.15) is 18.5 Å². The van der Waals surface area contributed by atoms with E-state index in [-0.39, 0.29) is 12.4 Å². The van der Waals surface area contributed by atoms with Gasteiger partial charge in [0.05, 0.1) is 6.61 Å². The zero-order valence-electron chi connectivity index (χ0n) is 14.4. The van der Waals surface area contributed by atoms with E-state index in [1.807, 2.05) is 6.07 Å². The van der Waals surface area contributed by atoms with Crippen LogP contribution in [0.4, 0.5) is 19.4 Å². The number of nitrogens with one attached hydrogen (secondary N) is 1. The highest BCUT2D eigenvalue weighted by atomic mass is 19.3. The molecule has 1 aromatic heterocycles. The normalized spacial score (nSPS) is 23.4. The van der Waals surface area contributed by atoms with Crippen LogP contribution in [0.1, 0.15) is 11.8 Å². The number of alkyl halides is 2. The van der Waals surface area contributed by atoms with Crippen molar-refractivity contribution < 1.29 is 33.3 Å². The van der Waals surface area contributed by atoms with Crippen molar-refractivity contribution in [2.24, 2.45) is 0 Å². The number of ether oxygens (including phenoxy) is 2. The summed E-state index contributed by atoms with van der Waals surface area (Å²) < 4.78 is 38.5. The van der Waals surface area contributed by atoms with Gasteiger partial charge in [0.2, 0.25) is 6.23 Å². The molecule has 150 valence electrons. The molecule has 0 saturated carbocycles. The van der Waals surface area contributed by atoms with Gasteiger partial charge in [-0.25, -0.2) is 9.59 Å². The van der Waals surface area contributed by atoms with E-state index < -0.39 is 42.7 Å². The zero-order chi connectivity index (χ0) is 20.3. The van der Waals surface area contributed by atoms with Gasteiger partial charge in [0.15, 0.2) is 6.10 Å². The fourth-order valence-electron chi connectivity index (χ4n) is 2.64. The molecule has 0 bridgehead atoms. The van der Waals surface area contributed by atoms with Gasteiger partial charge in [-0.1, -0.05) is 30.3 Å². The molecule has 3 rings (SSSR count). The summed E-state index contributed by atoms with van der Waals surface area (Å²) in [7, 11) is 0. The van der Waals surface area contributed by atoms with Crippen molar-refractivity contribution >= 4 is 11.9 Å². The quantitative estimate of drug-likeness (QED) is 0.684. The van der Waals surface area contributed by atoms with E-state index in [1.54, 1.807) is 24.3 Å². The Kier molecular flexibility index (Phi) is 5.68. The highest BCUT2D eigenvalue weighted by Gasteiger charge is 2.59. The summed E-state index contributed by atoms with van der Waals surface area (Å²) in [5.41, 5.74) is -0.394. The smallest absolute Gasteiger partial charge is 0.413 e. The molecule has 2 heterocycles. The van der Waals surface area contributed by atoms with Crippen LogP contribution < -0.4 is 11.0 Å². The minimum Gasteiger partial charge on any atom is -0.444 e. The predicted molar refractivity (Wildman–Crippen MR) is 90.7 cm³/mol. The van der Waals surface area contributed by atoms with Gasteiger partial charge < -0.3 is 19.7 Å². The van der Waals surface area contributed by atoms with Crippen LogP contribution in [0.5, 0.6) is 0 Å². The topological polar surface area (TPSA) is 123 Å². The maximum absolute atomic E-state index is 14.1. The fraction of sp³-hybridized carbons (Fsp3) is 0.353. The molecule has 0 radical (unpaired) electrons. The minimum absolute atomic E-state index is 0.00763. The minimum atomic E-state index is -3.82. The first kappa shape index (κ1) is 19.9.